The fraction of sp³-hybridized carbons (Fsp3) is 0.600. The quantitative estimate of drug-likeness (QED) is 0.790. The van der Waals surface area contributed by atoms with Crippen molar-refractivity contribution in [3.8, 4) is 0 Å². The van der Waals surface area contributed by atoms with Gasteiger partial charge < -0.3 is 9.67 Å². The van der Waals surface area contributed by atoms with Crippen molar-refractivity contribution < 1.29 is 5.11 Å². The van der Waals surface area contributed by atoms with Crippen LogP contribution in [0.4, 0.5) is 0 Å². The summed E-state index contributed by atoms with van der Waals surface area (Å²) in [6.07, 6.45) is 14.7. The van der Waals surface area contributed by atoms with Crippen LogP contribution in [-0.4, -0.2) is 15.8 Å². The topological polar surface area (TPSA) is 25.2 Å². The lowest BCUT2D eigenvalue weighted by atomic mass is 9.83. The molecular formula is C15H23NO. The molecule has 1 heterocycles. The number of nitrogens with zero attached hydrogens (tertiary/aromatic N) is 1. The van der Waals surface area contributed by atoms with E-state index in [0.717, 1.165) is 5.92 Å². The third-order valence-electron chi connectivity index (χ3n) is 3.69. The Hall–Kier alpha value is -1.02. The molecule has 1 aromatic rings. The maximum Gasteiger partial charge on any atom is 0.0693 e. The normalized spacial score (nSPS) is 21.8. The van der Waals surface area contributed by atoms with E-state index in [-0.39, 0.29) is 6.10 Å². The molecule has 1 saturated carbocycles. The Labute approximate surface area is 104 Å². The van der Waals surface area contributed by atoms with Gasteiger partial charge in [-0.15, -0.1) is 0 Å². The zero-order chi connectivity index (χ0) is 12.1. The zero-order valence-electron chi connectivity index (χ0n) is 10.6. The standard InChI is InChI=1S/C15H23NO/c1-13(17)9-10-15(16-11-5-6-12-16)14-7-3-2-4-8-14/h5-6,9-15,17H,2-4,7-8H2,1H3/b10-9+/t13-,15+/m0/s1. The summed E-state index contributed by atoms with van der Waals surface area (Å²) in [5, 5.41) is 9.40. The lowest BCUT2D eigenvalue weighted by molar-refractivity contribution is 0.240. The Morgan fingerprint density at radius 1 is 1.12 bits per heavy atom. The molecule has 0 aliphatic heterocycles. The van der Waals surface area contributed by atoms with Crippen LogP contribution in [0.1, 0.15) is 45.1 Å². The van der Waals surface area contributed by atoms with Crippen LogP contribution in [0.2, 0.25) is 0 Å². The minimum Gasteiger partial charge on any atom is -0.389 e. The van der Waals surface area contributed by atoms with Crippen molar-refractivity contribution >= 4 is 0 Å². The molecule has 0 radical (unpaired) electrons. The SMILES string of the molecule is C[C@H](O)/C=C/[C@H](C1CCCCC1)n1cccc1. The monoisotopic (exact) mass is 233 g/mol. The van der Waals surface area contributed by atoms with Crippen LogP contribution in [0.15, 0.2) is 36.7 Å². The van der Waals surface area contributed by atoms with Gasteiger partial charge in [0.2, 0.25) is 0 Å². The first kappa shape index (κ1) is 12.4. The molecule has 2 nitrogen and oxygen atoms in total. The Morgan fingerprint density at radius 3 is 2.35 bits per heavy atom. The van der Waals surface area contributed by atoms with Crippen LogP contribution in [0.5, 0.6) is 0 Å². The number of hydrogen-bond acceptors (Lipinski definition) is 1. The Morgan fingerprint density at radius 2 is 1.76 bits per heavy atom. The molecule has 0 saturated heterocycles. The highest BCUT2D eigenvalue weighted by molar-refractivity contribution is 5.03. The van der Waals surface area contributed by atoms with E-state index in [1.165, 1.54) is 32.1 Å². The highest BCUT2D eigenvalue weighted by atomic mass is 16.3. The van der Waals surface area contributed by atoms with Gasteiger partial charge in [0.1, 0.15) is 0 Å². The second-order valence-corrected chi connectivity index (χ2v) is 5.14. The number of rotatable bonds is 4. The van der Waals surface area contributed by atoms with Crippen molar-refractivity contribution in [1.29, 1.82) is 0 Å². The van der Waals surface area contributed by atoms with Gasteiger partial charge in [-0.2, -0.15) is 0 Å². The molecule has 94 valence electrons. The van der Waals surface area contributed by atoms with E-state index in [4.69, 9.17) is 0 Å². The van der Waals surface area contributed by atoms with Crippen molar-refractivity contribution in [2.24, 2.45) is 5.92 Å². The minimum atomic E-state index is -0.350. The molecule has 1 aliphatic rings. The predicted molar refractivity (Wildman–Crippen MR) is 70.9 cm³/mol. The molecule has 0 spiro atoms. The first-order chi connectivity index (χ1) is 8.27. The Kier molecular flexibility index (Phi) is 4.43. The van der Waals surface area contributed by atoms with Gasteiger partial charge in [-0.1, -0.05) is 31.4 Å². The van der Waals surface area contributed by atoms with E-state index in [2.05, 4.69) is 35.2 Å². The lowest BCUT2D eigenvalue weighted by Crippen LogP contribution is -2.19. The maximum atomic E-state index is 9.40. The third-order valence-corrected chi connectivity index (χ3v) is 3.69. The molecule has 2 atom stereocenters. The van der Waals surface area contributed by atoms with E-state index in [9.17, 15) is 5.11 Å². The lowest BCUT2D eigenvalue weighted by Gasteiger charge is -2.29. The first-order valence-electron chi connectivity index (χ1n) is 6.76. The number of allylic oxidation sites excluding steroid dienone is 1. The molecule has 0 amide bonds. The van der Waals surface area contributed by atoms with Crippen molar-refractivity contribution in [3.63, 3.8) is 0 Å². The highest BCUT2D eigenvalue weighted by Gasteiger charge is 2.22. The highest BCUT2D eigenvalue weighted by Crippen LogP contribution is 2.33. The van der Waals surface area contributed by atoms with Crippen LogP contribution in [0.25, 0.3) is 0 Å². The summed E-state index contributed by atoms with van der Waals surface area (Å²) in [6, 6.07) is 4.57. The van der Waals surface area contributed by atoms with Crippen LogP contribution < -0.4 is 0 Å². The summed E-state index contributed by atoms with van der Waals surface area (Å²) in [7, 11) is 0. The molecule has 1 N–H and O–H groups in total. The van der Waals surface area contributed by atoms with Gasteiger partial charge in [0.15, 0.2) is 0 Å². The van der Waals surface area contributed by atoms with Crippen LogP contribution in [0, 0.1) is 5.92 Å². The summed E-state index contributed by atoms with van der Waals surface area (Å²) in [5.41, 5.74) is 0. The zero-order valence-corrected chi connectivity index (χ0v) is 10.6. The average Bonchev–Trinajstić information content (AvgIpc) is 2.84. The summed E-state index contributed by atoms with van der Waals surface area (Å²) < 4.78 is 2.27. The summed E-state index contributed by atoms with van der Waals surface area (Å²) in [6.45, 7) is 1.81. The van der Waals surface area contributed by atoms with E-state index in [1.807, 2.05) is 13.0 Å². The van der Waals surface area contributed by atoms with Gasteiger partial charge in [0, 0.05) is 12.4 Å². The fourth-order valence-corrected chi connectivity index (χ4v) is 2.80. The minimum absolute atomic E-state index is 0.350. The second kappa shape index (κ2) is 6.06. The van der Waals surface area contributed by atoms with E-state index in [0.29, 0.717) is 6.04 Å². The molecule has 0 unspecified atom stereocenters. The van der Waals surface area contributed by atoms with E-state index >= 15 is 0 Å². The first-order valence-corrected chi connectivity index (χ1v) is 6.76. The van der Waals surface area contributed by atoms with Gasteiger partial charge in [-0.05, 0) is 37.8 Å². The maximum absolute atomic E-state index is 9.40. The number of aliphatic hydroxyl groups is 1. The van der Waals surface area contributed by atoms with Crippen molar-refractivity contribution in [2.45, 2.75) is 51.2 Å². The molecule has 1 aliphatic carbocycles. The van der Waals surface area contributed by atoms with Crippen LogP contribution >= 0.6 is 0 Å². The smallest absolute Gasteiger partial charge is 0.0693 e. The predicted octanol–water partition coefficient (Wildman–Crippen LogP) is 3.55. The number of aromatic nitrogens is 1. The van der Waals surface area contributed by atoms with Gasteiger partial charge in [-0.3, -0.25) is 0 Å². The number of aliphatic hydroxyl groups excluding tert-OH is 1. The molecule has 1 fully saturated rings. The molecule has 1 aromatic heterocycles. The Balaban J connectivity index is 2.11. The second-order valence-electron chi connectivity index (χ2n) is 5.14. The fourth-order valence-electron chi connectivity index (χ4n) is 2.80. The van der Waals surface area contributed by atoms with Crippen molar-refractivity contribution in [3.05, 3.63) is 36.7 Å². The summed E-state index contributed by atoms with van der Waals surface area (Å²) in [5.74, 6) is 0.728. The van der Waals surface area contributed by atoms with Crippen molar-refractivity contribution in [2.75, 3.05) is 0 Å². The third kappa shape index (κ3) is 3.47. The van der Waals surface area contributed by atoms with E-state index < -0.39 is 0 Å². The molecule has 0 aromatic carbocycles. The summed E-state index contributed by atoms with van der Waals surface area (Å²) >= 11 is 0. The molecule has 2 heteroatoms. The van der Waals surface area contributed by atoms with Crippen LogP contribution in [0.3, 0.4) is 0 Å². The summed E-state index contributed by atoms with van der Waals surface area (Å²) in [4.78, 5) is 0. The van der Waals surface area contributed by atoms with Gasteiger partial charge in [0.05, 0.1) is 12.1 Å². The molecule has 2 rings (SSSR count). The van der Waals surface area contributed by atoms with Crippen LogP contribution in [-0.2, 0) is 0 Å². The van der Waals surface area contributed by atoms with Crippen molar-refractivity contribution in [1.82, 2.24) is 4.57 Å². The van der Waals surface area contributed by atoms with E-state index in [1.54, 1.807) is 0 Å². The Bertz CT molecular complexity index is 334. The molecule has 0 bridgehead atoms. The van der Waals surface area contributed by atoms with Gasteiger partial charge in [-0.25, -0.2) is 0 Å². The van der Waals surface area contributed by atoms with Gasteiger partial charge in [0.25, 0.3) is 0 Å². The molecule has 17 heavy (non-hydrogen) atoms. The molecular weight excluding hydrogens is 210 g/mol. The largest absolute Gasteiger partial charge is 0.389 e. The average molecular weight is 233 g/mol. The number of hydrogen-bond donors (Lipinski definition) is 1. The van der Waals surface area contributed by atoms with Gasteiger partial charge >= 0.3 is 0 Å².